The predicted molar refractivity (Wildman–Crippen MR) is 102 cm³/mol. The lowest BCUT2D eigenvalue weighted by Gasteiger charge is -2.19. The standard InChI is InChI=1S/C21H25NO5/c1-3-14-26-18-9-6-17(7-10-18)8-11-20(23)22(13-12-21(24)25-2)16-19-5-4-15-27-19/h4-11,15H,3,12-14,16H2,1-2H3/b11-8+. The minimum atomic E-state index is -0.362. The molecule has 0 fully saturated rings. The van der Waals surface area contributed by atoms with Gasteiger partial charge in [0.25, 0.3) is 0 Å². The van der Waals surface area contributed by atoms with E-state index in [-0.39, 0.29) is 31.4 Å². The maximum absolute atomic E-state index is 12.6. The van der Waals surface area contributed by atoms with Crippen LogP contribution in [0, 0.1) is 0 Å². The molecule has 0 bridgehead atoms. The molecule has 1 aromatic heterocycles. The Kier molecular flexibility index (Phi) is 8.16. The maximum atomic E-state index is 12.6. The lowest BCUT2D eigenvalue weighted by atomic mass is 10.2. The fourth-order valence-electron chi connectivity index (χ4n) is 2.35. The topological polar surface area (TPSA) is 69.0 Å². The lowest BCUT2D eigenvalue weighted by Crippen LogP contribution is -2.31. The van der Waals surface area contributed by atoms with E-state index in [1.807, 2.05) is 24.3 Å². The first-order valence-corrected chi connectivity index (χ1v) is 8.91. The smallest absolute Gasteiger partial charge is 0.307 e. The molecule has 144 valence electrons. The van der Waals surface area contributed by atoms with Crippen LogP contribution in [-0.2, 0) is 20.9 Å². The van der Waals surface area contributed by atoms with E-state index in [4.69, 9.17) is 9.15 Å². The van der Waals surface area contributed by atoms with Gasteiger partial charge in [-0.1, -0.05) is 19.1 Å². The molecular formula is C21H25NO5. The van der Waals surface area contributed by atoms with Crippen molar-refractivity contribution in [3.8, 4) is 5.75 Å². The highest BCUT2D eigenvalue weighted by molar-refractivity contribution is 5.92. The summed E-state index contributed by atoms with van der Waals surface area (Å²) < 4.78 is 15.5. The average molecular weight is 371 g/mol. The number of hydrogen-bond donors (Lipinski definition) is 0. The second-order valence-electron chi connectivity index (χ2n) is 5.92. The summed E-state index contributed by atoms with van der Waals surface area (Å²) in [5, 5.41) is 0. The zero-order chi connectivity index (χ0) is 19.5. The zero-order valence-electron chi connectivity index (χ0n) is 15.7. The fraction of sp³-hybridized carbons (Fsp3) is 0.333. The average Bonchev–Trinajstić information content (AvgIpc) is 3.21. The largest absolute Gasteiger partial charge is 0.494 e. The van der Waals surface area contributed by atoms with Gasteiger partial charge in [-0.25, -0.2) is 0 Å². The minimum absolute atomic E-state index is 0.125. The Morgan fingerprint density at radius 3 is 2.59 bits per heavy atom. The molecule has 1 heterocycles. The Morgan fingerprint density at radius 1 is 1.19 bits per heavy atom. The maximum Gasteiger partial charge on any atom is 0.307 e. The minimum Gasteiger partial charge on any atom is -0.494 e. The number of benzene rings is 1. The summed E-state index contributed by atoms with van der Waals surface area (Å²) in [6.45, 7) is 3.27. The molecule has 0 saturated carbocycles. The van der Waals surface area contributed by atoms with Gasteiger partial charge in [-0.05, 0) is 42.3 Å². The van der Waals surface area contributed by atoms with E-state index in [2.05, 4.69) is 11.7 Å². The van der Waals surface area contributed by atoms with Crippen LogP contribution in [-0.4, -0.2) is 37.0 Å². The van der Waals surface area contributed by atoms with Crippen molar-refractivity contribution in [1.29, 1.82) is 0 Å². The van der Waals surface area contributed by atoms with Gasteiger partial charge in [0.1, 0.15) is 11.5 Å². The summed E-state index contributed by atoms with van der Waals surface area (Å²) in [6.07, 6.45) is 5.85. The number of rotatable bonds is 10. The highest BCUT2D eigenvalue weighted by Crippen LogP contribution is 2.14. The third-order valence-corrected chi connectivity index (χ3v) is 3.82. The SMILES string of the molecule is CCCOc1ccc(/C=C/C(=O)N(CCC(=O)OC)Cc2ccco2)cc1. The summed E-state index contributed by atoms with van der Waals surface area (Å²) in [6, 6.07) is 11.1. The van der Waals surface area contributed by atoms with Crippen molar-refractivity contribution >= 4 is 18.0 Å². The van der Waals surface area contributed by atoms with E-state index in [1.54, 1.807) is 29.4 Å². The van der Waals surface area contributed by atoms with E-state index in [1.165, 1.54) is 13.2 Å². The summed E-state index contributed by atoms with van der Waals surface area (Å²) >= 11 is 0. The molecule has 2 aromatic rings. The summed E-state index contributed by atoms with van der Waals surface area (Å²) in [4.78, 5) is 25.5. The molecule has 0 aliphatic carbocycles. The number of methoxy groups -OCH3 is 1. The van der Waals surface area contributed by atoms with E-state index in [0.29, 0.717) is 12.4 Å². The third kappa shape index (κ3) is 7.01. The molecule has 0 aliphatic heterocycles. The van der Waals surface area contributed by atoms with Crippen molar-refractivity contribution in [2.75, 3.05) is 20.3 Å². The summed E-state index contributed by atoms with van der Waals surface area (Å²) in [5.74, 6) is 0.886. The molecule has 27 heavy (non-hydrogen) atoms. The molecule has 0 saturated heterocycles. The van der Waals surface area contributed by atoms with Gasteiger partial charge in [0.15, 0.2) is 0 Å². The molecule has 6 heteroatoms. The van der Waals surface area contributed by atoms with Crippen LogP contribution in [0.25, 0.3) is 6.08 Å². The second-order valence-corrected chi connectivity index (χ2v) is 5.92. The van der Waals surface area contributed by atoms with Crippen molar-refractivity contribution < 1.29 is 23.5 Å². The van der Waals surface area contributed by atoms with Gasteiger partial charge in [0.2, 0.25) is 5.91 Å². The van der Waals surface area contributed by atoms with Crippen molar-refractivity contribution in [2.45, 2.75) is 26.3 Å². The number of nitrogens with zero attached hydrogens (tertiary/aromatic N) is 1. The molecule has 0 radical (unpaired) electrons. The molecule has 1 aromatic carbocycles. The molecule has 0 spiro atoms. The molecule has 6 nitrogen and oxygen atoms in total. The number of carbonyl (C=O) groups excluding carboxylic acids is 2. The third-order valence-electron chi connectivity index (χ3n) is 3.82. The number of carbonyl (C=O) groups is 2. The Hall–Kier alpha value is -3.02. The molecule has 2 rings (SSSR count). The molecule has 1 amide bonds. The number of amides is 1. The van der Waals surface area contributed by atoms with Crippen LogP contribution >= 0.6 is 0 Å². The fourth-order valence-corrected chi connectivity index (χ4v) is 2.35. The monoisotopic (exact) mass is 371 g/mol. The van der Waals surface area contributed by atoms with Crippen LogP contribution in [0.4, 0.5) is 0 Å². The van der Waals surface area contributed by atoms with Crippen molar-refractivity contribution in [1.82, 2.24) is 4.90 Å². The first-order chi connectivity index (χ1) is 13.1. The molecule has 0 aliphatic rings. The van der Waals surface area contributed by atoms with Gasteiger partial charge in [-0.15, -0.1) is 0 Å². The van der Waals surface area contributed by atoms with Crippen LogP contribution in [0.1, 0.15) is 31.1 Å². The first kappa shape index (κ1) is 20.3. The molecular weight excluding hydrogens is 346 g/mol. The normalized spacial score (nSPS) is 10.7. The zero-order valence-corrected chi connectivity index (χ0v) is 15.7. The number of esters is 1. The van der Waals surface area contributed by atoms with Crippen LogP contribution in [0.15, 0.2) is 53.2 Å². The van der Waals surface area contributed by atoms with E-state index < -0.39 is 0 Å². The second kappa shape index (κ2) is 10.9. The summed E-state index contributed by atoms with van der Waals surface area (Å²) in [5.41, 5.74) is 0.887. The van der Waals surface area contributed by atoms with E-state index in [0.717, 1.165) is 17.7 Å². The van der Waals surface area contributed by atoms with Crippen molar-refractivity contribution in [3.63, 3.8) is 0 Å². The van der Waals surface area contributed by atoms with Crippen molar-refractivity contribution in [2.24, 2.45) is 0 Å². The summed E-state index contributed by atoms with van der Waals surface area (Å²) in [7, 11) is 1.33. The Labute approximate surface area is 159 Å². The van der Waals surface area contributed by atoms with E-state index >= 15 is 0 Å². The van der Waals surface area contributed by atoms with Gasteiger partial charge in [-0.3, -0.25) is 9.59 Å². The molecule has 0 unspecified atom stereocenters. The Balaban J connectivity index is 2.00. The Morgan fingerprint density at radius 2 is 1.96 bits per heavy atom. The van der Waals surface area contributed by atoms with Crippen LogP contribution in [0.2, 0.25) is 0 Å². The number of hydrogen-bond acceptors (Lipinski definition) is 5. The van der Waals surface area contributed by atoms with Crippen LogP contribution < -0.4 is 4.74 Å². The number of ether oxygens (including phenoxy) is 2. The Bertz CT molecular complexity index is 734. The van der Waals surface area contributed by atoms with Gasteiger partial charge < -0.3 is 18.8 Å². The van der Waals surface area contributed by atoms with Gasteiger partial charge in [0.05, 0.1) is 32.9 Å². The lowest BCUT2D eigenvalue weighted by molar-refractivity contribution is -0.141. The predicted octanol–water partition coefficient (Wildman–Crippen LogP) is 3.67. The van der Waals surface area contributed by atoms with Crippen LogP contribution in [0.3, 0.4) is 0 Å². The highest BCUT2D eigenvalue weighted by Gasteiger charge is 2.15. The number of furan rings is 1. The first-order valence-electron chi connectivity index (χ1n) is 8.91. The van der Waals surface area contributed by atoms with Gasteiger partial charge in [-0.2, -0.15) is 0 Å². The molecule has 0 atom stereocenters. The molecule has 0 N–H and O–H groups in total. The van der Waals surface area contributed by atoms with Crippen LogP contribution in [0.5, 0.6) is 5.75 Å². The van der Waals surface area contributed by atoms with E-state index in [9.17, 15) is 9.59 Å². The van der Waals surface area contributed by atoms with Gasteiger partial charge in [0, 0.05) is 12.6 Å². The highest BCUT2D eigenvalue weighted by atomic mass is 16.5. The quantitative estimate of drug-likeness (QED) is 0.471. The van der Waals surface area contributed by atoms with Crippen molar-refractivity contribution in [3.05, 3.63) is 60.1 Å². The van der Waals surface area contributed by atoms with Gasteiger partial charge >= 0.3 is 5.97 Å².